The third kappa shape index (κ3) is 1.62. The molecular weight excluding hydrogens is 140 g/mol. The highest BCUT2D eigenvalue weighted by molar-refractivity contribution is 5.73. The van der Waals surface area contributed by atoms with Crippen molar-refractivity contribution in [2.75, 3.05) is 0 Å². The minimum atomic E-state index is 0.0116. The van der Waals surface area contributed by atoms with Crippen LogP contribution in [0.5, 0.6) is 0 Å². The quantitative estimate of drug-likeness (QED) is 0.444. The third-order valence-corrected chi connectivity index (χ3v) is 2.15. The van der Waals surface area contributed by atoms with Gasteiger partial charge in [0.25, 0.3) is 0 Å². The second-order valence-corrected chi connectivity index (χ2v) is 3.28. The number of allylic oxidation sites excluding steroid dienone is 2. The van der Waals surface area contributed by atoms with Gasteiger partial charge in [0.05, 0.1) is 5.92 Å². The number of ether oxygens (including phenoxy) is 1. The van der Waals surface area contributed by atoms with Gasteiger partial charge in [-0.1, -0.05) is 12.2 Å². The van der Waals surface area contributed by atoms with E-state index >= 15 is 0 Å². The molecule has 0 heterocycles. The van der Waals surface area contributed by atoms with Crippen LogP contribution in [0, 0.1) is 5.92 Å². The molecule has 0 unspecified atom stereocenters. The highest BCUT2D eigenvalue weighted by atomic mass is 16.5. The van der Waals surface area contributed by atoms with Crippen molar-refractivity contribution < 1.29 is 9.53 Å². The van der Waals surface area contributed by atoms with Crippen LogP contribution in [0.1, 0.15) is 25.7 Å². The van der Waals surface area contributed by atoms with Crippen LogP contribution in [-0.2, 0) is 9.53 Å². The maximum Gasteiger partial charge on any atom is 0.309 e. The molecule has 0 aromatic heterocycles. The largest absolute Gasteiger partial charge is 0.462 e. The third-order valence-electron chi connectivity index (χ3n) is 2.15. The number of esters is 1. The van der Waals surface area contributed by atoms with Crippen LogP contribution < -0.4 is 0 Å². The molecule has 2 nitrogen and oxygen atoms in total. The van der Waals surface area contributed by atoms with Gasteiger partial charge < -0.3 is 4.74 Å². The molecule has 2 rings (SSSR count). The average molecular weight is 152 g/mol. The van der Waals surface area contributed by atoms with Gasteiger partial charge in [-0.05, 0) is 25.7 Å². The van der Waals surface area contributed by atoms with E-state index < -0.39 is 0 Å². The molecule has 11 heavy (non-hydrogen) atoms. The van der Waals surface area contributed by atoms with Crippen molar-refractivity contribution in [3.8, 4) is 0 Å². The van der Waals surface area contributed by atoms with Crippen molar-refractivity contribution in [3.05, 3.63) is 12.2 Å². The summed E-state index contributed by atoms with van der Waals surface area (Å²) in [4.78, 5) is 11.2. The monoisotopic (exact) mass is 152 g/mol. The second kappa shape index (κ2) is 2.68. The first-order valence-corrected chi connectivity index (χ1v) is 4.22. The summed E-state index contributed by atoms with van der Waals surface area (Å²) >= 11 is 0. The number of hydrogen-bond donors (Lipinski definition) is 0. The van der Waals surface area contributed by atoms with Gasteiger partial charge in [-0.15, -0.1) is 0 Å². The summed E-state index contributed by atoms with van der Waals surface area (Å²) in [6.07, 6.45) is 8.29. The molecule has 2 heteroatoms. The Balaban J connectivity index is 1.79. The fourth-order valence-electron chi connectivity index (χ4n) is 1.26. The number of carbonyl (C=O) groups excluding carboxylic acids is 1. The van der Waals surface area contributed by atoms with Crippen molar-refractivity contribution in [1.82, 2.24) is 0 Å². The van der Waals surface area contributed by atoms with E-state index in [4.69, 9.17) is 4.74 Å². The zero-order valence-corrected chi connectivity index (χ0v) is 6.45. The Bertz CT molecular complexity index is 184. The molecule has 0 amide bonds. The lowest BCUT2D eigenvalue weighted by molar-refractivity contribution is -0.149. The van der Waals surface area contributed by atoms with Gasteiger partial charge in [-0.3, -0.25) is 4.79 Å². The van der Waals surface area contributed by atoms with E-state index in [0.717, 1.165) is 25.7 Å². The lowest BCUT2D eigenvalue weighted by Gasteiger charge is -2.07. The van der Waals surface area contributed by atoms with Gasteiger partial charge in [0, 0.05) is 0 Å². The fraction of sp³-hybridized carbons (Fsp3) is 0.667. The summed E-state index contributed by atoms with van der Waals surface area (Å²) in [5.41, 5.74) is 0. The van der Waals surface area contributed by atoms with Crippen LogP contribution in [0.25, 0.3) is 0 Å². The van der Waals surface area contributed by atoms with Crippen LogP contribution >= 0.6 is 0 Å². The normalized spacial score (nSPS) is 24.0. The summed E-state index contributed by atoms with van der Waals surface area (Å²) in [6, 6.07) is 0. The highest BCUT2D eigenvalue weighted by Crippen LogP contribution is 2.27. The van der Waals surface area contributed by atoms with Crippen LogP contribution in [0.2, 0.25) is 0 Å². The van der Waals surface area contributed by atoms with E-state index in [-0.39, 0.29) is 18.0 Å². The predicted octanol–water partition coefficient (Wildman–Crippen LogP) is 1.66. The van der Waals surface area contributed by atoms with Crippen molar-refractivity contribution in [2.24, 2.45) is 5.92 Å². The summed E-state index contributed by atoms with van der Waals surface area (Å²) in [7, 11) is 0. The van der Waals surface area contributed by atoms with Crippen LogP contribution in [0.4, 0.5) is 0 Å². The molecule has 0 N–H and O–H groups in total. The Morgan fingerprint density at radius 1 is 1.27 bits per heavy atom. The van der Waals surface area contributed by atoms with Crippen molar-refractivity contribution in [1.29, 1.82) is 0 Å². The smallest absolute Gasteiger partial charge is 0.309 e. The Hall–Kier alpha value is -0.790. The van der Waals surface area contributed by atoms with E-state index in [1.807, 2.05) is 0 Å². The first-order chi connectivity index (χ1) is 5.36. The van der Waals surface area contributed by atoms with Gasteiger partial charge in [-0.25, -0.2) is 0 Å². The van der Waals surface area contributed by atoms with Crippen LogP contribution in [-0.4, -0.2) is 12.1 Å². The van der Waals surface area contributed by atoms with E-state index in [9.17, 15) is 4.79 Å². The molecule has 0 saturated heterocycles. The SMILES string of the molecule is O=C(OC1CC1)C1CC=CC1. The second-order valence-electron chi connectivity index (χ2n) is 3.28. The standard InChI is InChI=1S/C9H12O2/c10-9(11-8-5-6-8)7-3-1-2-4-7/h1-2,7-8H,3-6H2. The van der Waals surface area contributed by atoms with Gasteiger partial charge >= 0.3 is 5.97 Å². The van der Waals surface area contributed by atoms with E-state index in [0.29, 0.717) is 0 Å². The van der Waals surface area contributed by atoms with Crippen molar-refractivity contribution in [3.63, 3.8) is 0 Å². The van der Waals surface area contributed by atoms with Crippen molar-refractivity contribution in [2.45, 2.75) is 31.8 Å². The topological polar surface area (TPSA) is 26.3 Å². The number of carbonyl (C=O) groups is 1. The Kier molecular flexibility index (Phi) is 1.68. The lowest BCUT2D eigenvalue weighted by Crippen LogP contribution is -2.15. The maximum atomic E-state index is 11.2. The first kappa shape index (κ1) is 6.89. The van der Waals surface area contributed by atoms with Gasteiger partial charge in [0.2, 0.25) is 0 Å². The van der Waals surface area contributed by atoms with Crippen LogP contribution in [0.3, 0.4) is 0 Å². The lowest BCUT2D eigenvalue weighted by atomic mass is 10.1. The summed E-state index contributed by atoms with van der Waals surface area (Å²) in [5, 5.41) is 0. The molecule has 0 aliphatic heterocycles. The Labute approximate surface area is 66.2 Å². The molecule has 0 radical (unpaired) electrons. The van der Waals surface area contributed by atoms with E-state index in [1.165, 1.54) is 0 Å². The molecule has 0 spiro atoms. The minimum absolute atomic E-state index is 0.0116. The Morgan fingerprint density at radius 2 is 1.91 bits per heavy atom. The van der Waals surface area contributed by atoms with Crippen molar-refractivity contribution >= 4 is 5.97 Å². The summed E-state index contributed by atoms with van der Waals surface area (Å²) in [6.45, 7) is 0. The molecule has 1 saturated carbocycles. The maximum absolute atomic E-state index is 11.2. The molecule has 1 fully saturated rings. The minimum Gasteiger partial charge on any atom is -0.462 e. The molecule has 2 aliphatic rings. The fourth-order valence-corrected chi connectivity index (χ4v) is 1.26. The zero-order valence-electron chi connectivity index (χ0n) is 6.45. The van der Waals surface area contributed by atoms with Gasteiger partial charge in [0.15, 0.2) is 0 Å². The number of rotatable bonds is 2. The molecule has 0 aromatic rings. The van der Waals surface area contributed by atoms with Gasteiger partial charge in [0.1, 0.15) is 6.10 Å². The van der Waals surface area contributed by atoms with Gasteiger partial charge in [-0.2, -0.15) is 0 Å². The van der Waals surface area contributed by atoms with Crippen LogP contribution in [0.15, 0.2) is 12.2 Å². The molecule has 2 aliphatic carbocycles. The predicted molar refractivity (Wildman–Crippen MR) is 41.0 cm³/mol. The summed E-state index contributed by atoms with van der Waals surface area (Å²) in [5.74, 6) is 0.146. The highest BCUT2D eigenvalue weighted by Gasteiger charge is 2.29. The molecule has 60 valence electrons. The van der Waals surface area contributed by atoms with E-state index in [2.05, 4.69) is 12.2 Å². The van der Waals surface area contributed by atoms with E-state index in [1.54, 1.807) is 0 Å². The average Bonchev–Trinajstić information content (AvgIpc) is 2.67. The number of hydrogen-bond acceptors (Lipinski definition) is 2. The summed E-state index contributed by atoms with van der Waals surface area (Å²) < 4.78 is 5.17. The molecular formula is C9H12O2. The zero-order chi connectivity index (χ0) is 7.68. The molecule has 0 aromatic carbocycles. The molecule has 0 bridgehead atoms. The molecule has 0 atom stereocenters. The first-order valence-electron chi connectivity index (χ1n) is 4.22. The Morgan fingerprint density at radius 3 is 2.45 bits per heavy atom.